The van der Waals surface area contributed by atoms with Crippen LogP contribution in [0.2, 0.25) is 5.02 Å². The summed E-state index contributed by atoms with van der Waals surface area (Å²) in [5.41, 5.74) is 1.92. The van der Waals surface area contributed by atoms with Crippen LogP contribution >= 0.6 is 11.6 Å². The Bertz CT molecular complexity index is 946. The lowest BCUT2D eigenvalue weighted by atomic mass is 10.1. The van der Waals surface area contributed by atoms with Crippen LogP contribution in [-0.2, 0) is 11.3 Å². The molecule has 0 aliphatic carbocycles. The number of hydrogen-bond donors (Lipinski definition) is 0. The number of hydrogen-bond acceptors (Lipinski definition) is 4. The van der Waals surface area contributed by atoms with Gasteiger partial charge in [-0.05, 0) is 48.7 Å². The van der Waals surface area contributed by atoms with Gasteiger partial charge in [0.15, 0.2) is 11.5 Å². The molecule has 2 heterocycles. The molecular weight excluding hydrogens is 380 g/mol. The molecule has 0 saturated carbocycles. The maximum absolute atomic E-state index is 13.4. The Labute approximate surface area is 168 Å². The molecule has 28 heavy (non-hydrogen) atoms. The van der Waals surface area contributed by atoms with Gasteiger partial charge >= 0.3 is 0 Å². The lowest BCUT2D eigenvalue weighted by molar-refractivity contribution is -0.122. The van der Waals surface area contributed by atoms with Crippen molar-refractivity contribution in [1.29, 1.82) is 0 Å². The van der Waals surface area contributed by atoms with Crippen LogP contribution in [0.25, 0.3) is 0 Å². The van der Waals surface area contributed by atoms with Crippen LogP contribution in [0.5, 0.6) is 11.5 Å². The normalized spacial score (nSPS) is 18.6. The Morgan fingerprint density at radius 2 is 1.86 bits per heavy atom. The third kappa shape index (κ3) is 3.07. The van der Waals surface area contributed by atoms with Crippen LogP contribution < -0.4 is 14.4 Å². The van der Waals surface area contributed by atoms with Gasteiger partial charge in [-0.1, -0.05) is 17.7 Å². The molecule has 0 bridgehead atoms. The molecule has 2 aromatic carbocycles. The highest BCUT2D eigenvalue weighted by Crippen LogP contribution is 2.36. The number of carbonyl (C=O) groups excluding carboxylic acids is 2. The average Bonchev–Trinajstić information content (AvgIpc) is 3.18. The predicted molar refractivity (Wildman–Crippen MR) is 106 cm³/mol. The Kier molecular flexibility index (Phi) is 4.89. The van der Waals surface area contributed by atoms with Gasteiger partial charge < -0.3 is 19.3 Å². The molecule has 7 heteroatoms. The van der Waals surface area contributed by atoms with Crippen molar-refractivity contribution in [2.24, 2.45) is 0 Å². The van der Waals surface area contributed by atoms with Gasteiger partial charge in [0.05, 0.1) is 32.0 Å². The van der Waals surface area contributed by atoms with Crippen molar-refractivity contribution in [3.63, 3.8) is 0 Å². The van der Waals surface area contributed by atoms with Crippen molar-refractivity contribution >= 4 is 29.1 Å². The largest absolute Gasteiger partial charge is 0.493 e. The fourth-order valence-electron chi connectivity index (χ4n) is 3.95. The van der Waals surface area contributed by atoms with E-state index in [2.05, 4.69) is 0 Å². The summed E-state index contributed by atoms with van der Waals surface area (Å²) < 4.78 is 10.7. The number of nitrogens with zero attached hydrogens (tertiary/aromatic N) is 2. The molecule has 1 atom stereocenters. The number of methoxy groups -OCH3 is 2. The van der Waals surface area contributed by atoms with E-state index >= 15 is 0 Å². The maximum Gasteiger partial charge on any atom is 0.256 e. The summed E-state index contributed by atoms with van der Waals surface area (Å²) in [7, 11) is 3.15. The van der Waals surface area contributed by atoms with Gasteiger partial charge in [0.25, 0.3) is 5.91 Å². The minimum absolute atomic E-state index is 0.0818. The van der Waals surface area contributed by atoms with E-state index in [-0.39, 0.29) is 11.8 Å². The van der Waals surface area contributed by atoms with E-state index in [1.807, 2.05) is 18.2 Å². The number of rotatable bonds is 4. The summed E-state index contributed by atoms with van der Waals surface area (Å²) in [5.74, 6) is 1.01. The highest BCUT2D eigenvalue weighted by Gasteiger charge is 2.42. The third-order valence-corrected chi connectivity index (χ3v) is 5.57. The standard InChI is InChI=1S/C21H21ClN2O4/c1-27-18-8-5-13(10-19(18)28-2)12-24-17-11-14(22)6-7-15(17)20(25)23-9-3-4-16(23)21(24)26/h5-8,10-11,16H,3-4,9,12H2,1-2H3/t16-/m0/s1. The number of halogens is 1. The fourth-order valence-corrected chi connectivity index (χ4v) is 4.12. The van der Waals surface area contributed by atoms with E-state index < -0.39 is 6.04 Å². The molecular formula is C21H21ClN2O4. The molecule has 0 spiro atoms. The summed E-state index contributed by atoms with van der Waals surface area (Å²) in [6.45, 7) is 0.908. The fraction of sp³-hybridized carbons (Fsp3) is 0.333. The lowest BCUT2D eigenvalue weighted by Gasteiger charge is -2.26. The van der Waals surface area contributed by atoms with Crippen LogP contribution in [0.3, 0.4) is 0 Å². The molecule has 0 aromatic heterocycles. The number of benzene rings is 2. The lowest BCUT2D eigenvalue weighted by Crippen LogP contribution is -2.44. The first-order valence-corrected chi connectivity index (χ1v) is 9.54. The predicted octanol–water partition coefficient (Wildman–Crippen LogP) is 3.51. The zero-order valence-electron chi connectivity index (χ0n) is 15.8. The number of ether oxygens (including phenoxy) is 2. The van der Waals surface area contributed by atoms with Crippen molar-refractivity contribution in [2.75, 3.05) is 25.7 Å². The van der Waals surface area contributed by atoms with Gasteiger partial charge in [0, 0.05) is 11.6 Å². The van der Waals surface area contributed by atoms with E-state index in [1.54, 1.807) is 42.2 Å². The first-order chi connectivity index (χ1) is 13.5. The van der Waals surface area contributed by atoms with Gasteiger partial charge in [-0.25, -0.2) is 0 Å². The summed E-state index contributed by atoms with van der Waals surface area (Å²) in [5, 5.41) is 0.485. The molecule has 2 aliphatic heterocycles. The average molecular weight is 401 g/mol. The number of fused-ring (bicyclic) bond motifs is 2. The Balaban J connectivity index is 1.78. The molecule has 4 rings (SSSR count). The summed E-state index contributed by atoms with van der Waals surface area (Å²) in [6.07, 6.45) is 1.50. The second-order valence-electron chi connectivity index (χ2n) is 6.93. The molecule has 2 aromatic rings. The molecule has 2 aliphatic rings. The van der Waals surface area contributed by atoms with Crippen molar-refractivity contribution in [3.8, 4) is 11.5 Å². The second kappa shape index (κ2) is 7.36. The van der Waals surface area contributed by atoms with E-state index in [4.69, 9.17) is 21.1 Å². The number of anilines is 1. The SMILES string of the molecule is COc1ccc(CN2C(=O)[C@@H]3CCCN3C(=O)c3ccc(Cl)cc32)cc1OC. The number of amides is 2. The van der Waals surface area contributed by atoms with Crippen LogP contribution in [0.1, 0.15) is 28.8 Å². The smallest absolute Gasteiger partial charge is 0.256 e. The van der Waals surface area contributed by atoms with E-state index in [1.165, 1.54) is 0 Å². The number of carbonyl (C=O) groups is 2. The molecule has 0 unspecified atom stereocenters. The molecule has 2 amide bonds. The van der Waals surface area contributed by atoms with Crippen LogP contribution in [0, 0.1) is 0 Å². The summed E-state index contributed by atoms with van der Waals surface area (Å²) in [6, 6.07) is 10.2. The van der Waals surface area contributed by atoms with Crippen LogP contribution in [0.15, 0.2) is 36.4 Å². The molecule has 1 fully saturated rings. The van der Waals surface area contributed by atoms with Gasteiger partial charge in [0.2, 0.25) is 5.91 Å². The van der Waals surface area contributed by atoms with E-state index in [9.17, 15) is 9.59 Å². The van der Waals surface area contributed by atoms with Gasteiger partial charge in [-0.15, -0.1) is 0 Å². The Morgan fingerprint density at radius 3 is 2.61 bits per heavy atom. The Morgan fingerprint density at radius 1 is 1.07 bits per heavy atom. The van der Waals surface area contributed by atoms with Crippen LogP contribution in [0.4, 0.5) is 5.69 Å². The minimum Gasteiger partial charge on any atom is -0.493 e. The molecule has 0 N–H and O–H groups in total. The summed E-state index contributed by atoms with van der Waals surface area (Å²) in [4.78, 5) is 29.7. The maximum atomic E-state index is 13.4. The molecule has 1 saturated heterocycles. The van der Waals surface area contributed by atoms with Crippen LogP contribution in [-0.4, -0.2) is 43.5 Å². The van der Waals surface area contributed by atoms with Crippen molar-refractivity contribution in [3.05, 3.63) is 52.5 Å². The zero-order chi connectivity index (χ0) is 19.8. The van der Waals surface area contributed by atoms with E-state index in [0.29, 0.717) is 47.3 Å². The zero-order valence-corrected chi connectivity index (χ0v) is 16.5. The summed E-state index contributed by atoms with van der Waals surface area (Å²) >= 11 is 6.20. The van der Waals surface area contributed by atoms with Crippen molar-refractivity contribution in [1.82, 2.24) is 4.90 Å². The monoisotopic (exact) mass is 400 g/mol. The molecule has 146 valence electrons. The van der Waals surface area contributed by atoms with E-state index in [0.717, 1.165) is 12.0 Å². The van der Waals surface area contributed by atoms with Crippen molar-refractivity contribution < 1.29 is 19.1 Å². The highest BCUT2D eigenvalue weighted by atomic mass is 35.5. The first-order valence-electron chi connectivity index (χ1n) is 9.16. The van der Waals surface area contributed by atoms with Gasteiger partial charge in [-0.2, -0.15) is 0 Å². The first kappa shape index (κ1) is 18.6. The van der Waals surface area contributed by atoms with Crippen molar-refractivity contribution in [2.45, 2.75) is 25.4 Å². The minimum atomic E-state index is -0.432. The third-order valence-electron chi connectivity index (χ3n) is 5.33. The van der Waals surface area contributed by atoms with Gasteiger partial charge in [0.1, 0.15) is 6.04 Å². The topological polar surface area (TPSA) is 59.1 Å². The highest BCUT2D eigenvalue weighted by molar-refractivity contribution is 6.31. The molecule has 6 nitrogen and oxygen atoms in total. The Hall–Kier alpha value is -2.73. The molecule has 0 radical (unpaired) electrons. The quantitative estimate of drug-likeness (QED) is 0.788. The van der Waals surface area contributed by atoms with Gasteiger partial charge in [-0.3, -0.25) is 9.59 Å². The second-order valence-corrected chi connectivity index (χ2v) is 7.37.